The molecule has 0 amide bonds. The third-order valence-corrected chi connectivity index (χ3v) is 9.57. The molecule has 7 heteroatoms. The summed E-state index contributed by atoms with van der Waals surface area (Å²) in [4.78, 5) is 1.82. The van der Waals surface area contributed by atoms with Crippen molar-refractivity contribution in [3.05, 3.63) is 102 Å². The Kier molecular flexibility index (Phi) is 8.13. The van der Waals surface area contributed by atoms with E-state index in [1.54, 1.807) is 25.3 Å². The Labute approximate surface area is 252 Å². The Hall–Kier alpha value is -3.94. The van der Waals surface area contributed by atoms with E-state index in [2.05, 4.69) is 22.6 Å². The first-order valence-electron chi connectivity index (χ1n) is 14.0. The summed E-state index contributed by atoms with van der Waals surface area (Å²) in [5.41, 5.74) is 6.75. The molecule has 6 rings (SSSR count). The molecule has 0 spiro atoms. The molecule has 0 bridgehead atoms. The van der Waals surface area contributed by atoms with Gasteiger partial charge < -0.3 is 4.74 Å². The topological polar surface area (TPSA) is 35.0 Å². The van der Waals surface area contributed by atoms with Crippen molar-refractivity contribution >= 4 is 34.1 Å². The first-order chi connectivity index (χ1) is 20.4. The van der Waals surface area contributed by atoms with Crippen molar-refractivity contribution in [3.8, 4) is 48.9 Å². The minimum atomic E-state index is -0.327. The molecular formula is C35H30F2N2OS2. The average molecular weight is 597 g/mol. The fourth-order valence-electron chi connectivity index (χ4n) is 5.14. The summed E-state index contributed by atoms with van der Waals surface area (Å²) in [6.07, 6.45) is 3.07. The van der Waals surface area contributed by atoms with E-state index < -0.39 is 0 Å². The van der Waals surface area contributed by atoms with Crippen molar-refractivity contribution in [3.63, 3.8) is 0 Å². The number of fused-ring (bicyclic) bond motifs is 1. The highest BCUT2D eigenvalue weighted by Gasteiger charge is 2.18. The number of aryl methyl sites for hydroxylation is 1. The Morgan fingerprint density at radius 3 is 2.02 bits per heavy atom. The van der Waals surface area contributed by atoms with E-state index in [9.17, 15) is 0 Å². The quantitative estimate of drug-likeness (QED) is 0.167. The minimum Gasteiger partial charge on any atom is -0.497 e. The number of rotatable bonds is 9. The summed E-state index contributed by atoms with van der Waals surface area (Å²) in [5.74, 6) is 0.857. The second kappa shape index (κ2) is 12.1. The highest BCUT2D eigenvalue weighted by molar-refractivity contribution is 7.19. The molecule has 0 N–H and O–H groups in total. The van der Waals surface area contributed by atoms with Crippen molar-refractivity contribution in [2.75, 3.05) is 7.11 Å². The number of hydrogen-bond donors (Lipinski definition) is 0. The van der Waals surface area contributed by atoms with Crippen LogP contribution in [0.15, 0.2) is 84.9 Å². The van der Waals surface area contributed by atoms with Crippen LogP contribution in [0.2, 0.25) is 0 Å². The van der Waals surface area contributed by atoms with Crippen molar-refractivity contribution in [2.45, 2.75) is 33.1 Å². The zero-order chi connectivity index (χ0) is 29.2. The molecule has 1 unspecified atom stereocenters. The van der Waals surface area contributed by atoms with Gasteiger partial charge >= 0.3 is 0 Å². The van der Waals surface area contributed by atoms with Gasteiger partial charge in [0.05, 0.1) is 18.8 Å². The number of ether oxygens (including phenoxy) is 1. The molecule has 4 aromatic carbocycles. The lowest BCUT2D eigenvalue weighted by Gasteiger charge is -2.10. The number of thiophene rings is 1. The molecule has 0 saturated carbocycles. The predicted molar refractivity (Wildman–Crippen MR) is 171 cm³/mol. The maximum absolute atomic E-state index is 15.5. The van der Waals surface area contributed by atoms with Crippen LogP contribution < -0.4 is 4.74 Å². The van der Waals surface area contributed by atoms with Gasteiger partial charge in [0.1, 0.15) is 28.4 Å². The van der Waals surface area contributed by atoms with Gasteiger partial charge in [-0.3, -0.25) is 0 Å². The molecule has 212 valence electrons. The van der Waals surface area contributed by atoms with Crippen molar-refractivity contribution in [1.29, 1.82) is 0 Å². The normalized spacial score (nSPS) is 12.1. The molecule has 2 aromatic heterocycles. The number of halogens is 2. The first kappa shape index (κ1) is 28.2. The van der Waals surface area contributed by atoms with E-state index in [-0.39, 0.29) is 11.6 Å². The monoisotopic (exact) mass is 596 g/mol. The summed E-state index contributed by atoms with van der Waals surface area (Å²) >= 11 is 2.63. The van der Waals surface area contributed by atoms with Crippen molar-refractivity contribution in [2.24, 2.45) is 5.92 Å². The standard InChI is InChI=1S/C35H30F2N2OS2/c1-4-21(2)5-6-22-7-13-28(30(36)19-22)32-17-18-33(41-32)29-16-15-27(34-35(29)39-42-38-34)26-14-10-24(20-31(26)37)23-8-11-25(40-3)12-9-23/h7-21H,4-6H2,1-3H3. The molecule has 0 aliphatic rings. The highest BCUT2D eigenvalue weighted by Crippen LogP contribution is 2.41. The fourth-order valence-corrected chi connectivity index (χ4v) is 6.77. The smallest absolute Gasteiger partial charge is 0.132 e. The van der Waals surface area contributed by atoms with Crippen LogP contribution in [0, 0.1) is 17.6 Å². The van der Waals surface area contributed by atoms with Crippen LogP contribution in [0.3, 0.4) is 0 Å². The molecule has 0 saturated heterocycles. The Morgan fingerprint density at radius 1 is 0.714 bits per heavy atom. The van der Waals surface area contributed by atoms with E-state index in [0.717, 1.165) is 68.7 Å². The van der Waals surface area contributed by atoms with Gasteiger partial charge in [0.15, 0.2) is 0 Å². The van der Waals surface area contributed by atoms with Gasteiger partial charge in [-0.2, -0.15) is 8.75 Å². The van der Waals surface area contributed by atoms with Gasteiger partial charge in [0.2, 0.25) is 0 Å². The summed E-state index contributed by atoms with van der Waals surface area (Å²) in [6, 6.07) is 26.2. The lowest BCUT2D eigenvalue weighted by atomic mass is 9.97. The molecule has 2 heterocycles. The summed E-state index contributed by atoms with van der Waals surface area (Å²) in [6.45, 7) is 4.42. The molecule has 0 aliphatic carbocycles. The Balaban J connectivity index is 1.29. The molecule has 1 atom stereocenters. The van der Waals surface area contributed by atoms with Crippen LogP contribution in [-0.4, -0.2) is 15.9 Å². The predicted octanol–water partition coefficient (Wildman–Crippen LogP) is 10.7. The summed E-state index contributed by atoms with van der Waals surface area (Å²) in [5, 5.41) is 0. The largest absolute Gasteiger partial charge is 0.497 e. The summed E-state index contributed by atoms with van der Waals surface area (Å²) < 4.78 is 45.0. The Bertz CT molecular complexity index is 1860. The van der Waals surface area contributed by atoms with Crippen LogP contribution in [0.4, 0.5) is 8.78 Å². The fraction of sp³-hybridized carbons (Fsp3) is 0.200. The van der Waals surface area contributed by atoms with Crippen LogP contribution in [0.5, 0.6) is 5.75 Å². The number of nitrogens with zero attached hydrogens (tertiary/aromatic N) is 2. The van der Waals surface area contributed by atoms with Crippen LogP contribution in [0.1, 0.15) is 32.3 Å². The van der Waals surface area contributed by atoms with Gasteiger partial charge in [-0.05, 0) is 71.8 Å². The van der Waals surface area contributed by atoms with E-state index in [1.165, 1.54) is 11.3 Å². The van der Waals surface area contributed by atoms with Crippen LogP contribution in [0.25, 0.3) is 54.2 Å². The van der Waals surface area contributed by atoms with E-state index >= 15 is 8.78 Å². The molecular weight excluding hydrogens is 567 g/mol. The highest BCUT2D eigenvalue weighted by atomic mass is 32.1. The van der Waals surface area contributed by atoms with Gasteiger partial charge in [-0.15, -0.1) is 11.3 Å². The SMILES string of the molecule is CCC(C)CCc1ccc(-c2ccc(-c3ccc(-c4ccc(-c5ccc(OC)cc5)cc4F)c4nsnc34)s2)c(F)c1. The first-order valence-corrected chi connectivity index (χ1v) is 15.6. The van der Waals surface area contributed by atoms with Gasteiger partial charge in [-0.1, -0.05) is 68.8 Å². The van der Waals surface area contributed by atoms with Crippen molar-refractivity contribution < 1.29 is 13.5 Å². The van der Waals surface area contributed by atoms with E-state index in [1.807, 2.05) is 66.7 Å². The lowest BCUT2D eigenvalue weighted by molar-refractivity contribution is 0.415. The zero-order valence-corrected chi connectivity index (χ0v) is 25.3. The zero-order valence-electron chi connectivity index (χ0n) is 23.7. The van der Waals surface area contributed by atoms with E-state index in [0.29, 0.717) is 33.6 Å². The molecule has 6 aromatic rings. The molecule has 0 fully saturated rings. The van der Waals surface area contributed by atoms with Crippen LogP contribution >= 0.6 is 23.1 Å². The summed E-state index contributed by atoms with van der Waals surface area (Å²) in [7, 11) is 1.62. The number of methoxy groups -OCH3 is 1. The molecule has 42 heavy (non-hydrogen) atoms. The number of aromatic nitrogens is 2. The maximum atomic E-state index is 15.5. The third kappa shape index (κ3) is 5.59. The van der Waals surface area contributed by atoms with Gasteiger partial charge in [0.25, 0.3) is 0 Å². The third-order valence-electron chi connectivity index (χ3n) is 7.89. The molecule has 0 radical (unpaired) electrons. The van der Waals surface area contributed by atoms with E-state index in [4.69, 9.17) is 4.74 Å². The Morgan fingerprint density at radius 2 is 1.33 bits per heavy atom. The molecule has 3 nitrogen and oxygen atoms in total. The van der Waals surface area contributed by atoms with Crippen molar-refractivity contribution in [1.82, 2.24) is 8.75 Å². The minimum absolute atomic E-state index is 0.200. The number of hydrogen-bond acceptors (Lipinski definition) is 5. The average Bonchev–Trinajstić information content (AvgIpc) is 3.70. The van der Waals surface area contributed by atoms with Gasteiger partial charge in [-0.25, -0.2) is 8.78 Å². The van der Waals surface area contributed by atoms with Crippen LogP contribution in [-0.2, 0) is 6.42 Å². The lowest BCUT2D eigenvalue weighted by Crippen LogP contribution is -1.96. The maximum Gasteiger partial charge on any atom is 0.132 e. The second-order valence-corrected chi connectivity index (χ2v) is 12.2. The molecule has 0 aliphatic heterocycles. The number of benzene rings is 4. The van der Waals surface area contributed by atoms with Gasteiger partial charge in [0, 0.05) is 32.0 Å². The second-order valence-electron chi connectivity index (χ2n) is 10.6.